The van der Waals surface area contributed by atoms with E-state index in [1.54, 1.807) is 19.2 Å². The lowest BCUT2D eigenvalue weighted by Gasteiger charge is -2.48. The zero-order chi connectivity index (χ0) is 18.3. The van der Waals surface area contributed by atoms with Gasteiger partial charge < -0.3 is 9.47 Å². The molecule has 0 amide bonds. The molecule has 1 aromatic rings. The van der Waals surface area contributed by atoms with Crippen LogP contribution >= 0.6 is 0 Å². The molecule has 1 aromatic carbocycles. The second-order valence-corrected chi connectivity index (χ2v) is 10.4. The van der Waals surface area contributed by atoms with E-state index in [0.29, 0.717) is 22.6 Å². The summed E-state index contributed by atoms with van der Waals surface area (Å²) in [6.07, 6.45) is 5.88. The van der Waals surface area contributed by atoms with E-state index < -0.39 is 9.84 Å². The summed E-state index contributed by atoms with van der Waals surface area (Å²) in [4.78, 5) is 0.448. The van der Waals surface area contributed by atoms with Crippen LogP contribution in [0.1, 0.15) is 39.0 Å². The monoisotopic (exact) mass is 378 g/mol. The Morgan fingerprint density at radius 3 is 2.58 bits per heavy atom. The van der Waals surface area contributed by atoms with Crippen molar-refractivity contribution in [3.8, 4) is 0 Å². The molecule has 144 valence electrons. The second-order valence-electron chi connectivity index (χ2n) is 8.39. The molecule has 1 saturated heterocycles. The molecule has 0 spiro atoms. The average Bonchev–Trinajstić information content (AvgIpc) is 2.98. The maximum Gasteiger partial charge on any atom is 0.178 e. The molecule has 1 heterocycles. The summed E-state index contributed by atoms with van der Waals surface area (Å²) in [7, 11) is -1.58. The summed E-state index contributed by atoms with van der Waals surface area (Å²) in [5, 5.41) is 0. The van der Waals surface area contributed by atoms with Crippen LogP contribution in [0.15, 0.2) is 35.2 Å². The van der Waals surface area contributed by atoms with Crippen molar-refractivity contribution in [3.05, 3.63) is 30.3 Å². The van der Waals surface area contributed by atoms with E-state index in [2.05, 4.69) is 6.92 Å². The number of sulfone groups is 1. The van der Waals surface area contributed by atoms with Crippen LogP contribution in [0.2, 0.25) is 0 Å². The van der Waals surface area contributed by atoms with Crippen molar-refractivity contribution >= 4 is 9.84 Å². The highest BCUT2D eigenvalue weighted by Gasteiger charge is 2.55. The molecule has 4 nitrogen and oxygen atoms in total. The number of fused-ring (bicyclic) bond motifs is 2. The van der Waals surface area contributed by atoms with Gasteiger partial charge in [0.15, 0.2) is 16.1 Å². The average molecular weight is 379 g/mol. The maximum atomic E-state index is 13.1. The predicted molar refractivity (Wildman–Crippen MR) is 100 cm³/mol. The van der Waals surface area contributed by atoms with Gasteiger partial charge in [-0.3, -0.25) is 0 Å². The molecule has 1 aliphatic heterocycles. The van der Waals surface area contributed by atoms with Gasteiger partial charge in [0.1, 0.15) is 0 Å². The third kappa shape index (κ3) is 3.23. The SMILES string of the molecule is CO[C@@H]1O[C@@H](C)[C@H]2[C@@H]1C[C@H]1CCCC[C@@H]1[C@H]2CS(=O)(=O)c1ccccc1. The first-order valence-corrected chi connectivity index (χ1v) is 11.6. The third-order valence-electron chi connectivity index (χ3n) is 7.07. The fourth-order valence-corrected chi connectivity index (χ4v) is 7.78. The summed E-state index contributed by atoms with van der Waals surface area (Å²) in [5.74, 6) is 2.13. The van der Waals surface area contributed by atoms with Crippen molar-refractivity contribution in [2.45, 2.75) is 56.3 Å². The van der Waals surface area contributed by atoms with Crippen LogP contribution in [0.5, 0.6) is 0 Å². The van der Waals surface area contributed by atoms with E-state index in [0.717, 1.165) is 12.8 Å². The first-order valence-electron chi connectivity index (χ1n) is 9.97. The van der Waals surface area contributed by atoms with Crippen molar-refractivity contribution in [3.63, 3.8) is 0 Å². The number of ether oxygens (including phenoxy) is 2. The smallest absolute Gasteiger partial charge is 0.178 e. The zero-order valence-electron chi connectivity index (χ0n) is 15.7. The lowest BCUT2D eigenvalue weighted by Crippen LogP contribution is -2.46. The highest BCUT2D eigenvalue weighted by atomic mass is 32.2. The summed E-state index contributed by atoms with van der Waals surface area (Å²) in [6, 6.07) is 8.93. The van der Waals surface area contributed by atoms with Crippen LogP contribution in [0.4, 0.5) is 0 Å². The van der Waals surface area contributed by atoms with E-state index in [1.165, 1.54) is 19.3 Å². The van der Waals surface area contributed by atoms with Gasteiger partial charge in [0.25, 0.3) is 0 Å². The summed E-state index contributed by atoms with van der Waals surface area (Å²) < 4.78 is 38.0. The van der Waals surface area contributed by atoms with E-state index in [9.17, 15) is 8.42 Å². The van der Waals surface area contributed by atoms with E-state index >= 15 is 0 Å². The number of hydrogen-bond acceptors (Lipinski definition) is 4. The highest BCUT2D eigenvalue weighted by molar-refractivity contribution is 7.91. The Morgan fingerprint density at radius 2 is 1.85 bits per heavy atom. The quantitative estimate of drug-likeness (QED) is 0.797. The van der Waals surface area contributed by atoms with Crippen LogP contribution in [0.3, 0.4) is 0 Å². The zero-order valence-corrected chi connectivity index (χ0v) is 16.5. The fourth-order valence-electron chi connectivity index (χ4n) is 6.04. The fraction of sp³-hybridized carbons (Fsp3) is 0.714. The Labute approximate surface area is 157 Å². The molecule has 2 aliphatic carbocycles. The summed E-state index contributed by atoms with van der Waals surface area (Å²) >= 11 is 0. The summed E-state index contributed by atoms with van der Waals surface area (Å²) in [5.41, 5.74) is 0. The van der Waals surface area contributed by atoms with Crippen LogP contribution in [-0.4, -0.2) is 33.7 Å². The Morgan fingerprint density at radius 1 is 1.12 bits per heavy atom. The molecule has 0 aromatic heterocycles. The molecule has 2 saturated carbocycles. The van der Waals surface area contributed by atoms with Crippen LogP contribution in [0.25, 0.3) is 0 Å². The van der Waals surface area contributed by atoms with E-state index in [-0.39, 0.29) is 30.0 Å². The first kappa shape index (κ1) is 18.5. The van der Waals surface area contributed by atoms with Gasteiger partial charge >= 0.3 is 0 Å². The molecule has 26 heavy (non-hydrogen) atoms. The minimum absolute atomic E-state index is 0.0591. The molecule has 7 atom stereocenters. The van der Waals surface area contributed by atoms with Gasteiger partial charge in [-0.1, -0.05) is 37.5 Å². The molecule has 3 aliphatic rings. The van der Waals surface area contributed by atoms with Crippen molar-refractivity contribution in [1.29, 1.82) is 0 Å². The van der Waals surface area contributed by atoms with Gasteiger partial charge in [0, 0.05) is 13.0 Å². The topological polar surface area (TPSA) is 52.6 Å². The van der Waals surface area contributed by atoms with E-state index in [4.69, 9.17) is 9.47 Å². The Hall–Kier alpha value is -0.910. The van der Waals surface area contributed by atoms with Crippen molar-refractivity contribution < 1.29 is 17.9 Å². The van der Waals surface area contributed by atoms with E-state index in [1.807, 2.05) is 18.2 Å². The third-order valence-corrected chi connectivity index (χ3v) is 8.88. The minimum atomic E-state index is -3.29. The maximum absolute atomic E-state index is 13.1. The molecular formula is C21H30O4S. The normalized spacial score (nSPS) is 40.0. The van der Waals surface area contributed by atoms with Gasteiger partial charge in [-0.25, -0.2) is 8.42 Å². The second kappa shape index (κ2) is 7.25. The largest absolute Gasteiger partial charge is 0.356 e. The molecule has 0 unspecified atom stereocenters. The number of rotatable bonds is 4. The Bertz CT molecular complexity index is 717. The van der Waals surface area contributed by atoms with Crippen LogP contribution < -0.4 is 0 Å². The molecule has 0 N–H and O–H groups in total. The molecule has 0 radical (unpaired) electrons. The Kier molecular flexibility index (Phi) is 5.15. The molecule has 4 rings (SSSR count). The van der Waals surface area contributed by atoms with Gasteiger partial charge in [0.2, 0.25) is 0 Å². The van der Waals surface area contributed by atoms with Crippen molar-refractivity contribution in [1.82, 2.24) is 0 Å². The van der Waals surface area contributed by atoms with Gasteiger partial charge in [-0.05, 0) is 55.6 Å². The number of hydrogen-bond donors (Lipinski definition) is 0. The van der Waals surface area contributed by atoms with Gasteiger partial charge in [-0.2, -0.15) is 0 Å². The lowest BCUT2D eigenvalue weighted by atomic mass is 9.58. The van der Waals surface area contributed by atoms with Gasteiger partial charge in [0.05, 0.1) is 16.8 Å². The standard InChI is InChI=1S/C21H30O4S/c1-14-20-18(21(24-2)25-14)12-15-8-6-7-11-17(15)19(20)13-26(22,23)16-9-4-3-5-10-16/h3-5,9-10,14-15,17-21H,6-8,11-13H2,1-2H3/t14-,15+,17-,18-,19+,20-,21+/m0/s1. The van der Waals surface area contributed by atoms with Gasteiger partial charge in [-0.15, -0.1) is 0 Å². The first-order chi connectivity index (χ1) is 12.5. The molecule has 0 bridgehead atoms. The highest BCUT2D eigenvalue weighted by Crippen LogP contribution is 2.55. The summed E-state index contributed by atoms with van der Waals surface area (Å²) in [6.45, 7) is 2.10. The van der Waals surface area contributed by atoms with Crippen molar-refractivity contribution in [2.24, 2.45) is 29.6 Å². The minimum Gasteiger partial charge on any atom is -0.356 e. The number of methoxy groups -OCH3 is 1. The lowest BCUT2D eigenvalue weighted by molar-refractivity contribution is -0.132. The predicted octanol–water partition coefficient (Wildman–Crippen LogP) is 3.91. The number of benzene rings is 1. The molecular weight excluding hydrogens is 348 g/mol. The van der Waals surface area contributed by atoms with Crippen LogP contribution in [-0.2, 0) is 19.3 Å². The Balaban J connectivity index is 1.66. The molecule has 5 heteroatoms. The van der Waals surface area contributed by atoms with Crippen molar-refractivity contribution in [2.75, 3.05) is 12.9 Å². The van der Waals surface area contributed by atoms with Crippen LogP contribution in [0, 0.1) is 29.6 Å². The molecule has 3 fully saturated rings.